The van der Waals surface area contributed by atoms with Crippen molar-refractivity contribution in [2.75, 3.05) is 19.8 Å². The van der Waals surface area contributed by atoms with Crippen LogP contribution in [0.2, 0.25) is 0 Å². The summed E-state index contributed by atoms with van der Waals surface area (Å²) in [6.07, 6.45) is 15.3. The monoisotopic (exact) mass is 539 g/mol. The highest BCUT2D eigenvalue weighted by atomic mass is 19.3. The van der Waals surface area contributed by atoms with Gasteiger partial charge in [0, 0.05) is 6.42 Å². The number of ether oxygens (including phenoxy) is 2. The molecule has 0 N–H and O–H groups in total. The Hall–Kier alpha value is -2.97. The molecule has 1 aromatic carbocycles. The Labute approximate surface area is 225 Å². The largest absolute Gasteiger partial charge is 0.487 e. The maximum Gasteiger partial charge on any atom is 0.305 e. The third-order valence-electron chi connectivity index (χ3n) is 6.18. The first kappa shape index (κ1) is 33.1. The molecule has 1 aliphatic rings. The van der Waals surface area contributed by atoms with Crippen LogP contribution in [0.3, 0.4) is 0 Å². The van der Waals surface area contributed by atoms with Gasteiger partial charge in [-0.15, -0.1) is 10.1 Å². The average molecular weight is 540 g/mol. The van der Waals surface area contributed by atoms with Crippen molar-refractivity contribution in [3.05, 3.63) is 64.8 Å². The van der Waals surface area contributed by atoms with Gasteiger partial charge in [-0.3, -0.25) is 4.79 Å². The molecule has 2 atom stereocenters. The smallest absolute Gasteiger partial charge is 0.305 e. The first-order valence-corrected chi connectivity index (χ1v) is 13.5. The molecule has 0 amide bonds. The van der Waals surface area contributed by atoms with Gasteiger partial charge in [0.2, 0.25) is 0 Å². The fourth-order valence-corrected chi connectivity index (χ4v) is 3.95. The van der Waals surface area contributed by atoms with E-state index in [9.17, 15) is 23.7 Å². The lowest BCUT2D eigenvalue weighted by molar-refractivity contribution is -0.757. The molecule has 0 aliphatic heterocycles. The van der Waals surface area contributed by atoms with E-state index in [0.29, 0.717) is 37.0 Å². The van der Waals surface area contributed by atoms with Crippen LogP contribution in [0, 0.1) is 22.0 Å². The molecule has 0 saturated heterocycles. The van der Waals surface area contributed by atoms with Gasteiger partial charge in [0.1, 0.15) is 5.75 Å². The Morgan fingerprint density at radius 3 is 2.45 bits per heavy atom. The molecule has 7 nitrogen and oxygen atoms in total. The van der Waals surface area contributed by atoms with E-state index in [0.717, 1.165) is 57.4 Å². The summed E-state index contributed by atoms with van der Waals surface area (Å²) in [5.41, 5.74) is 0. The number of halogens is 2. The Balaban J connectivity index is 0.000000380. The predicted octanol–water partition coefficient (Wildman–Crippen LogP) is 7.74. The van der Waals surface area contributed by atoms with Crippen molar-refractivity contribution in [1.82, 2.24) is 0 Å². The highest BCUT2D eigenvalue weighted by molar-refractivity contribution is 5.69. The molecule has 9 heteroatoms. The first-order chi connectivity index (χ1) is 18.2. The summed E-state index contributed by atoms with van der Waals surface area (Å²) in [7, 11) is 0. The molecule has 0 radical (unpaired) electrons. The van der Waals surface area contributed by atoms with Gasteiger partial charge < -0.3 is 14.3 Å². The van der Waals surface area contributed by atoms with Crippen LogP contribution in [0.4, 0.5) is 8.78 Å². The molecule has 1 aromatic rings. The Morgan fingerprint density at radius 2 is 1.82 bits per heavy atom. The molecule has 1 aliphatic carbocycles. The number of unbranched alkanes of at least 4 members (excludes halogenated alkanes) is 4. The van der Waals surface area contributed by atoms with Crippen molar-refractivity contribution in [1.29, 1.82) is 0 Å². The molecule has 2 unspecified atom stereocenters. The molecule has 0 aromatic heterocycles. The molecule has 1 fully saturated rings. The van der Waals surface area contributed by atoms with E-state index in [2.05, 4.69) is 11.8 Å². The van der Waals surface area contributed by atoms with Crippen LogP contribution in [0.15, 0.2) is 54.6 Å². The number of hydrogen-bond donors (Lipinski definition) is 0. The fraction of sp³-hybridized carbons (Fsp3) is 0.621. The lowest BCUT2D eigenvalue weighted by atomic mass is 9.97. The summed E-state index contributed by atoms with van der Waals surface area (Å²) in [5, 5.41) is 9.08. The maximum atomic E-state index is 13.7. The van der Waals surface area contributed by atoms with Gasteiger partial charge in [-0.2, -0.15) is 8.78 Å². The lowest BCUT2D eigenvalue weighted by Gasteiger charge is -2.15. The summed E-state index contributed by atoms with van der Waals surface area (Å²) < 4.78 is 37.5. The number of hydrogen-bond acceptors (Lipinski definition) is 6. The highest BCUT2D eigenvalue weighted by Gasteiger charge is 2.28. The summed E-state index contributed by atoms with van der Waals surface area (Å²) in [4.78, 5) is 25.3. The molecule has 214 valence electrons. The number of allylic oxidation sites excluding steroid dienone is 3. The summed E-state index contributed by atoms with van der Waals surface area (Å²) >= 11 is 0. The van der Waals surface area contributed by atoms with Gasteiger partial charge >= 0.3 is 5.97 Å². The van der Waals surface area contributed by atoms with E-state index in [1.165, 1.54) is 0 Å². The van der Waals surface area contributed by atoms with Gasteiger partial charge in [0.15, 0.2) is 6.61 Å². The number of esters is 1. The maximum absolute atomic E-state index is 13.7. The standard InChI is InChI=1S/C16H20F2O.C13H23NO5/c1-13-6-5-7-14(13)10-11-16(17,18)12-19-15-8-3-2-4-9-15;1-2-3-4-7-10-13(15)18-11-8-5-6-9-12-19-14(16)17/h2-4,8-11,13-14H,5-7,12H2,1H3;2-3H,4-12H2,1H3/b11-10+;. The lowest BCUT2D eigenvalue weighted by Crippen LogP contribution is -2.23. The molecule has 0 heterocycles. The summed E-state index contributed by atoms with van der Waals surface area (Å²) in [5.74, 6) is -1.77. The van der Waals surface area contributed by atoms with Gasteiger partial charge in [0.25, 0.3) is 11.0 Å². The van der Waals surface area contributed by atoms with E-state index in [4.69, 9.17) is 9.47 Å². The molecule has 0 bridgehead atoms. The molecule has 0 spiro atoms. The third-order valence-corrected chi connectivity index (χ3v) is 6.18. The number of benzene rings is 1. The molecule has 2 rings (SSSR count). The van der Waals surface area contributed by atoms with Gasteiger partial charge in [-0.05, 0) is 75.5 Å². The minimum absolute atomic E-state index is 0.137. The zero-order valence-electron chi connectivity index (χ0n) is 22.7. The van der Waals surface area contributed by atoms with Crippen molar-refractivity contribution in [2.45, 2.75) is 84.0 Å². The predicted molar refractivity (Wildman–Crippen MR) is 144 cm³/mol. The van der Waals surface area contributed by atoms with Crippen molar-refractivity contribution in [2.24, 2.45) is 11.8 Å². The molecular weight excluding hydrogens is 496 g/mol. The topological polar surface area (TPSA) is 87.9 Å². The number of nitrogens with zero attached hydrogens (tertiary/aromatic N) is 1. The zero-order chi connectivity index (χ0) is 28.1. The fourth-order valence-electron chi connectivity index (χ4n) is 3.95. The normalized spacial score (nSPS) is 17.3. The van der Waals surface area contributed by atoms with Crippen molar-refractivity contribution >= 4 is 5.97 Å². The number of rotatable bonds is 17. The second-order valence-electron chi connectivity index (χ2n) is 9.45. The van der Waals surface area contributed by atoms with Crippen LogP contribution < -0.4 is 4.74 Å². The van der Waals surface area contributed by atoms with Crippen molar-refractivity contribution in [3.63, 3.8) is 0 Å². The van der Waals surface area contributed by atoms with E-state index in [1.54, 1.807) is 30.3 Å². The van der Waals surface area contributed by atoms with E-state index >= 15 is 0 Å². The summed E-state index contributed by atoms with van der Waals surface area (Å²) in [6, 6.07) is 8.72. The molecular formula is C29H43F2NO6. The van der Waals surface area contributed by atoms with Crippen molar-refractivity contribution < 1.29 is 33.0 Å². The zero-order valence-corrected chi connectivity index (χ0v) is 22.7. The minimum Gasteiger partial charge on any atom is -0.487 e. The van der Waals surface area contributed by atoms with Gasteiger partial charge in [-0.25, -0.2) is 0 Å². The van der Waals surface area contributed by atoms with Crippen molar-refractivity contribution in [3.8, 4) is 5.75 Å². The Morgan fingerprint density at radius 1 is 1.11 bits per heavy atom. The van der Waals surface area contributed by atoms with Crippen LogP contribution >= 0.6 is 0 Å². The number of carbonyl (C=O) groups excluding carboxylic acids is 1. The van der Waals surface area contributed by atoms with E-state index in [1.807, 2.05) is 25.1 Å². The van der Waals surface area contributed by atoms with Crippen LogP contribution in [-0.4, -0.2) is 36.8 Å². The minimum atomic E-state index is -2.90. The number of alkyl halides is 2. The Kier molecular flexibility index (Phi) is 17.4. The number of carbonyl (C=O) groups is 1. The van der Waals surface area contributed by atoms with Gasteiger partial charge in [0.05, 0.1) is 13.2 Å². The highest BCUT2D eigenvalue weighted by Crippen LogP contribution is 2.33. The van der Waals surface area contributed by atoms with Crippen LogP contribution in [0.25, 0.3) is 0 Å². The van der Waals surface area contributed by atoms with E-state index in [-0.39, 0.29) is 12.6 Å². The van der Waals surface area contributed by atoms with Gasteiger partial charge in [-0.1, -0.05) is 62.6 Å². The second-order valence-corrected chi connectivity index (χ2v) is 9.45. The average Bonchev–Trinajstić information content (AvgIpc) is 3.31. The van der Waals surface area contributed by atoms with Crippen LogP contribution in [0.1, 0.15) is 78.1 Å². The quantitative estimate of drug-likeness (QED) is 0.0661. The molecule has 38 heavy (non-hydrogen) atoms. The molecule has 1 saturated carbocycles. The summed E-state index contributed by atoms with van der Waals surface area (Å²) in [6.45, 7) is 4.04. The third kappa shape index (κ3) is 17.5. The number of para-hydroxylation sites is 1. The SMILES string of the molecule is CC1CCCC1/C=C/C(F)(F)COc1ccccc1.CC=CCCCC(=O)OCCCCCCO[N+](=O)[O-]. The first-order valence-electron chi connectivity index (χ1n) is 13.5. The Bertz CT molecular complexity index is 832. The second kappa shape index (κ2) is 20.1. The van der Waals surface area contributed by atoms with E-state index < -0.39 is 17.6 Å². The van der Waals surface area contributed by atoms with Crippen LogP contribution in [0.5, 0.6) is 5.75 Å². The van der Waals surface area contributed by atoms with Crippen LogP contribution in [-0.2, 0) is 14.4 Å².